The van der Waals surface area contributed by atoms with Crippen molar-refractivity contribution in [2.75, 3.05) is 25.4 Å². The number of rotatable bonds is 6. The normalized spacial score (nSPS) is 13.2. The highest BCUT2D eigenvalue weighted by molar-refractivity contribution is 7.91. The van der Waals surface area contributed by atoms with Crippen molar-refractivity contribution in [2.24, 2.45) is 10.7 Å². The summed E-state index contributed by atoms with van der Waals surface area (Å²) >= 11 is 0. The minimum Gasteiger partial charge on any atom is -0.370 e. The molecule has 5 nitrogen and oxygen atoms in total. The molecule has 0 heterocycles. The molecule has 0 aliphatic rings. The van der Waals surface area contributed by atoms with E-state index in [4.69, 9.17) is 5.73 Å². The number of benzene rings is 1. The molecule has 0 saturated heterocycles. The second-order valence-corrected chi connectivity index (χ2v) is 8.61. The van der Waals surface area contributed by atoms with E-state index in [9.17, 15) is 8.42 Å². The number of nitrogens with two attached hydrogens (primary N) is 1. The van der Waals surface area contributed by atoms with Crippen LogP contribution in [0, 0.1) is 0 Å². The quantitative estimate of drug-likeness (QED) is 0.638. The van der Waals surface area contributed by atoms with Crippen molar-refractivity contribution in [3.8, 4) is 0 Å². The summed E-state index contributed by atoms with van der Waals surface area (Å²) in [6, 6.07) is 7.10. The van der Waals surface area contributed by atoms with E-state index < -0.39 is 9.84 Å². The van der Waals surface area contributed by atoms with Gasteiger partial charge in [0.25, 0.3) is 0 Å². The van der Waals surface area contributed by atoms with Gasteiger partial charge in [0.05, 0.1) is 17.2 Å². The number of sulfone groups is 1. The first-order valence-corrected chi connectivity index (χ1v) is 9.65. The van der Waals surface area contributed by atoms with Gasteiger partial charge >= 0.3 is 0 Å². The van der Waals surface area contributed by atoms with Gasteiger partial charge in [-0.25, -0.2) is 8.42 Å². The molecule has 1 rings (SSSR count). The Kier molecular flexibility index (Phi) is 6.62. The first-order chi connectivity index (χ1) is 10.6. The van der Waals surface area contributed by atoms with E-state index >= 15 is 0 Å². The maximum Gasteiger partial charge on any atom is 0.191 e. The molecule has 1 aromatic rings. The van der Waals surface area contributed by atoms with Crippen LogP contribution >= 0.6 is 0 Å². The zero-order valence-corrected chi connectivity index (χ0v) is 15.7. The van der Waals surface area contributed by atoms with Gasteiger partial charge in [0.15, 0.2) is 15.8 Å². The zero-order valence-electron chi connectivity index (χ0n) is 14.8. The van der Waals surface area contributed by atoms with Gasteiger partial charge in [-0.2, -0.15) is 0 Å². The van der Waals surface area contributed by atoms with Crippen LogP contribution in [0.5, 0.6) is 0 Å². The molecule has 0 aromatic heterocycles. The van der Waals surface area contributed by atoms with Gasteiger partial charge in [0.1, 0.15) is 0 Å². The van der Waals surface area contributed by atoms with Crippen molar-refractivity contribution in [1.29, 1.82) is 0 Å². The molecular formula is C17H29N3O2S. The van der Waals surface area contributed by atoms with Gasteiger partial charge in [0.2, 0.25) is 0 Å². The van der Waals surface area contributed by atoms with Crippen LogP contribution in [0.2, 0.25) is 0 Å². The Hall–Kier alpha value is -1.56. The van der Waals surface area contributed by atoms with E-state index in [2.05, 4.69) is 25.8 Å². The third-order valence-corrected chi connectivity index (χ3v) is 5.51. The number of hydrogen-bond acceptors (Lipinski definition) is 3. The highest BCUT2D eigenvalue weighted by Gasteiger charge is 2.17. The lowest BCUT2D eigenvalue weighted by molar-refractivity contribution is 0.458. The first-order valence-electron chi connectivity index (χ1n) is 8.00. The van der Waals surface area contributed by atoms with Crippen LogP contribution < -0.4 is 5.73 Å². The minimum atomic E-state index is -3.34. The van der Waals surface area contributed by atoms with Crippen LogP contribution in [-0.2, 0) is 15.3 Å². The standard InChI is InChI=1S/C17H29N3O2S/c1-6-20(7-2)16(18)19-12-13-23(21,22)15-10-8-14(9-11-15)17(3,4)5/h8-11H,6-7,12-13H2,1-5H3,(H2,18,19). The molecule has 0 saturated carbocycles. The average molecular weight is 340 g/mol. The number of guanidine groups is 1. The fourth-order valence-corrected chi connectivity index (χ4v) is 3.33. The maximum absolute atomic E-state index is 12.4. The summed E-state index contributed by atoms with van der Waals surface area (Å²) in [6.07, 6.45) is 0. The fourth-order valence-electron chi connectivity index (χ4n) is 2.21. The molecule has 0 bridgehead atoms. The smallest absolute Gasteiger partial charge is 0.191 e. The summed E-state index contributed by atoms with van der Waals surface area (Å²) < 4.78 is 24.7. The average Bonchev–Trinajstić information content (AvgIpc) is 2.47. The Morgan fingerprint density at radius 3 is 2.09 bits per heavy atom. The summed E-state index contributed by atoms with van der Waals surface area (Å²) in [6.45, 7) is 12.0. The lowest BCUT2D eigenvalue weighted by Gasteiger charge is -2.19. The first kappa shape index (κ1) is 19.5. The molecule has 0 fully saturated rings. The third kappa shape index (κ3) is 5.53. The van der Waals surface area contributed by atoms with E-state index in [1.807, 2.05) is 30.9 Å². The molecule has 1 aromatic carbocycles. The molecule has 23 heavy (non-hydrogen) atoms. The molecule has 0 aliphatic heterocycles. The third-order valence-electron chi connectivity index (χ3n) is 3.80. The largest absolute Gasteiger partial charge is 0.370 e. The number of nitrogens with zero attached hydrogens (tertiary/aromatic N) is 2. The summed E-state index contributed by atoms with van der Waals surface area (Å²) in [5.74, 6) is 0.359. The van der Waals surface area contributed by atoms with E-state index in [1.54, 1.807) is 12.1 Å². The van der Waals surface area contributed by atoms with Gasteiger partial charge in [-0.3, -0.25) is 4.99 Å². The maximum atomic E-state index is 12.4. The molecule has 6 heteroatoms. The van der Waals surface area contributed by atoms with Crippen LogP contribution in [0.15, 0.2) is 34.2 Å². The van der Waals surface area contributed by atoms with Gasteiger partial charge in [-0.05, 0) is 37.0 Å². The number of hydrogen-bond donors (Lipinski definition) is 1. The van der Waals surface area contributed by atoms with E-state index in [1.165, 1.54) is 0 Å². The monoisotopic (exact) mass is 339 g/mol. The Bertz CT molecular complexity index is 625. The minimum absolute atomic E-state index is 0.00476. The summed E-state index contributed by atoms with van der Waals surface area (Å²) in [7, 11) is -3.34. The van der Waals surface area contributed by atoms with Gasteiger partial charge in [0, 0.05) is 13.1 Å². The van der Waals surface area contributed by atoms with Gasteiger partial charge < -0.3 is 10.6 Å². The summed E-state index contributed by atoms with van der Waals surface area (Å²) in [5, 5.41) is 0. The second-order valence-electron chi connectivity index (χ2n) is 6.51. The topological polar surface area (TPSA) is 75.8 Å². The molecule has 0 spiro atoms. The van der Waals surface area contributed by atoms with Crippen molar-refractivity contribution < 1.29 is 8.42 Å². The molecule has 0 unspecified atom stereocenters. The van der Waals surface area contributed by atoms with Crippen LogP contribution in [0.4, 0.5) is 0 Å². The second kappa shape index (κ2) is 7.81. The van der Waals surface area contributed by atoms with Crippen molar-refractivity contribution in [1.82, 2.24) is 4.90 Å². The molecule has 0 aliphatic carbocycles. The van der Waals surface area contributed by atoms with Gasteiger partial charge in [-0.1, -0.05) is 32.9 Å². The molecule has 130 valence electrons. The van der Waals surface area contributed by atoms with E-state index in [0.717, 1.165) is 18.7 Å². The van der Waals surface area contributed by atoms with E-state index in [0.29, 0.717) is 10.9 Å². The van der Waals surface area contributed by atoms with Crippen LogP contribution in [0.25, 0.3) is 0 Å². The molecule has 2 N–H and O–H groups in total. The predicted molar refractivity (Wildman–Crippen MR) is 96.6 cm³/mol. The zero-order chi connectivity index (χ0) is 17.7. The molecular weight excluding hydrogens is 310 g/mol. The SMILES string of the molecule is CCN(CC)C(N)=NCCS(=O)(=O)c1ccc(C(C)(C)C)cc1. The fraction of sp³-hybridized carbons (Fsp3) is 0.588. The van der Waals surface area contributed by atoms with Crippen LogP contribution in [-0.4, -0.2) is 44.7 Å². The Morgan fingerprint density at radius 2 is 1.65 bits per heavy atom. The highest BCUT2D eigenvalue weighted by Crippen LogP contribution is 2.23. The Morgan fingerprint density at radius 1 is 1.13 bits per heavy atom. The van der Waals surface area contributed by atoms with E-state index in [-0.39, 0.29) is 17.7 Å². The number of aliphatic imine (C=N–C) groups is 1. The van der Waals surface area contributed by atoms with Crippen molar-refractivity contribution in [3.05, 3.63) is 29.8 Å². The lowest BCUT2D eigenvalue weighted by Crippen LogP contribution is -2.37. The van der Waals surface area contributed by atoms with Crippen LogP contribution in [0.1, 0.15) is 40.2 Å². The van der Waals surface area contributed by atoms with Crippen LogP contribution in [0.3, 0.4) is 0 Å². The summed E-state index contributed by atoms with van der Waals surface area (Å²) in [4.78, 5) is 6.40. The van der Waals surface area contributed by atoms with Crippen molar-refractivity contribution in [2.45, 2.75) is 44.9 Å². The van der Waals surface area contributed by atoms with Crippen molar-refractivity contribution >= 4 is 15.8 Å². The Labute approximate surface area is 140 Å². The molecule has 0 atom stereocenters. The van der Waals surface area contributed by atoms with Gasteiger partial charge in [-0.15, -0.1) is 0 Å². The molecule has 0 radical (unpaired) electrons. The predicted octanol–water partition coefficient (Wildman–Crippen LogP) is 2.41. The van der Waals surface area contributed by atoms with Crippen molar-refractivity contribution in [3.63, 3.8) is 0 Å². The summed E-state index contributed by atoms with van der Waals surface area (Å²) in [5.41, 5.74) is 6.97. The Balaban J connectivity index is 2.79. The molecule has 0 amide bonds. The highest BCUT2D eigenvalue weighted by atomic mass is 32.2. The lowest BCUT2D eigenvalue weighted by atomic mass is 9.87.